The molecule has 2 aromatic carbocycles. The molecule has 4 nitrogen and oxygen atoms in total. The predicted octanol–water partition coefficient (Wildman–Crippen LogP) is 3.40. The Balaban J connectivity index is 1.78. The molecule has 0 aliphatic carbocycles. The number of oxazole rings is 1. The van der Waals surface area contributed by atoms with E-state index in [1.165, 1.54) is 12.0 Å². The lowest BCUT2D eigenvalue weighted by Crippen LogP contribution is -2.25. The van der Waals surface area contributed by atoms with Crippen molar-refractivity contribution < 1.29 is 9.21 Å². The molecule has 0 spiro atoms. The first-order valence-electron chi connectivity index (χ1n) is 6.97. The maximum atomic E-state index is 11.6. The van der Waals surface area contributed by atoms with Crippen molar-refractivity contribution in [2.75, 3.05) is 11.4 Å². The van der Waals surface area contributed by atoms with Crippen LogP contribution in [-0.2, 0) is 11.2 Å². The van der Waals surface area contributed by atoms with E-state index in [9.17, 15) is 4.79 Å². The molecule has 0 unspecified atom stereocenters. The summed E-state index contributed by atoms with van der Waals surface area (Å²) in [5.41, 5.74) is 6.17. The van der Waals surface area contributed by atoms with Gasteiger partial charge in [0, 0.05) is 19.2 Å². The van der Waals surface area contributed by atoms with Crippen LogP contribution in [0.25, 0.3) is 22.2 Å². The van der Waals surface area contributed by atoms with Gasteiger partial charge in [0.15, 0.2) is 12.0 Å². The van der Waals surface area contributed by atoms with Crippen LogP contribution in [0.5, 0.6) is 0 Å². The Hall–Kier alpha value is -2.62. The number of hydrogen-bond acceptors (Lipinski definition) is 3. The summed E-state index contributed by atoms with van der Waals surface area (Å²) in [5.74, 6) is 0.102. The van der Waals surface area contributed by atoms with Crippen molar-refractivity contribution >= 4 is 22.7 Å². The molecule has 0 bridgehead atoms. The number of amides is 1. The fourth-order valence-corrected chi connectivity index (χ4v) is 2.95. The van der Waals surface area contributed by atoms with E-state index in [0.717, 1.165) is 40.9 Å². The Morgan fingerprint density at radius 1 is 1.19 bits per heavy atom. The quantitative estimate of drug-likeness (QED) is 0.685. The fourth-order valence-electron chi connectivity index (χ4n) is 2.95. The highest BCUT2D eigenvalue weighted by molar-refractivity contribution is 5.94. The average Bonchev–Trinajstić information content (AvgIpc) is 3.12. The second kappa shape index (κ2) is 4.45. The number of anilines is 1. The molecule has 0 fully saturated rings. The van der Waals surface area contributed by atoms with Crippen molar-refractivity contribution in [3.63, 3.8) is 0 Å². The lowest BCUT2D eigenvalue weighted by molar-refractivity contribution is -0.116. The summed E-state index contributed by atoms with van der Waals surface area (Å²) in [6.45, 7) is 2.39. The third kappa shape index (κ3) is 1.91. The summed E-state index contributed by atoms with van der Waals surface area (Å²) in [4.78, 5) is 17.6. The van der Waals surface area contributed by atoms with Crippen LogP contribution >= 0.6 is 0 Å². The van der Waals surface area contributed by atoms with Crippen molar-refractivity contribution in [1.29, 1.82) is 0 Å². The van der Waals surface area contributed by atoms with Gasteiger partial charge in [-0.2, -0.15) is 0 Å². The summed E-state index contributed by atoms with van der Waals surface area (Å²) in [5, 5.41) is 0. The molecule has 3 aromatic rings. The summed E-state index contributed by atoms with van der Waals surface area (Å²) in [6.07, 6.45) is 2.37. The maximum absolute atomic E-state index is 11.6. The van der Waals surface area contributed by atoms with Gasteiger partial charge in [-0.15, -0.1) is 0 Å². The van der Waals surface area contributed by atoms with Crippen molar-refractivity contribution in [2.24, 2.45) is 0 Å². The van der Waals surface area contributed by atoms with Crippen molar-refractivity contribution in [1.82, 2.24) is 4.98 Å². The molecule has 1 aromatic heterocycles. The van der Waals surface area contributed by atoms with Crippen LogP contribution in [0.3, 0.4) is 0 Å². The van der Waals surface area contributed by atoms with E-state index in [1.54, 1.807) is 6.92 Å². The Bertz CT molecular complexity index is 851. The number of carbonyl (C=O) groups is 1. The highest BCUT2D eigenvalue weighted by Gasteiger charge is 2.22. The Kier molecular flexibility index (Phi) is 2.57. The molecule has 1 aliphatic heterocycles. The third-order valence-electron chi connectivity index (χ3n) is 4.02. The molecule has 4 rings (SSSR count). The van der Waals surface area contributed by atoms with Gasteiger partial charge < -0.3 is 9.32 Å². The molecule has 0 N–H and O–H groups in total. The second-order valence-corrected chi connectivity index (χ2v) is 5.30. The first-order chi connectivity index (χ1) is 10.2. The summed E-state index contributed by atoms with van der Waals surface area (Å²) in [7, 11) is 0. The standard InChI is InChI=1S/C17H14N2O2/c1-11(20)19-7-6-14-8-12(2-4-16(14)19)13-3-5-17-15(9-13)18-10-21-17/h2-5,8-10H,6-7H2,1H3. The zero-order valence-electron chi connectivity index (χ0n) is 11.7. The van der Waals surface area contributed by atoms with Crippen LogP contribution < -0.4 is 4.90 Å². The number of fused-ring (bicyclic) bond motifs is 2. The molecule has 21 heavy (non-hydrogen) atoms. The van der Waals surface area contributed by atoms with Crippen LogP contribution in [-0.4, -0.2) is 17.4 Å². The van der Waals surface area contributed by atoms with Crippen LogP contribution in [0.2, 0.25) is 0 Å². The predicted molar refractivity (Wildman–Crippen MR) is 81.2 cm³/mol. The molecular formula is C17H14N2O2. The van der Waals surface area contributed by atoms with Gasteiger partial charge in [-0.25, -0.2) is 4.98 Å². The van der Waals surface area contributed by atoms with Crippen molar-refractivity contribution in [3.05, 3.63) is 48.4 Å². The van der Waals surface area contributed by atoms with Crippen LogP contribution in [0, 0.1) is 0 Å². The highest BCUT2D eigenvalue weighted by Crippen LogP contribution is 2.33. The van der Waals surface area contributed by atoms with Gasteiger partial charge in [0.05, 0.1) is 0 Å². The zero-order valence-corrected chi connectivity index (χ0v) is 11.7. The number of aromatic nitrogens is 1. The minimum Gasteiger partial charge on any atom is -0.443 e. The normalized spacial score (nSPS) is 13.7. The van der Waals surface area contributed by atoms with Crippen LogP contribution in [0.1, 0.15) is 12.5 Å². The molecular weight excluding hydrogens is 264 g/mol. The first kappa shape index (κ1) is 12.1. The molecule has 104 valence electrons. The highest BCUT2D eigenvalue weighted by atomic mass is 16.3. The largest absolute Gasteiger partial charge is 0.443 e. The summed E-state index contributed by atoms with van der Waals surface area (Å²) >= 11 is 0. The number of hydrogen-bond donors (Lipinski definition) is 0. The van der Waals surface area contributed by atoms with E-state index in [2.05, 4.69) is 17.1 Å². The van der Waals surface area contributed by atoms with E-state index in [0.29, 0.717) is 0 Å². The fraction of sp³-hybridized carbons (Fsp3) is 0.176. The van der Waals surface area contributed by atoms with Gasteiger partial charge in [0.25, 0.3) is 0 Å². The maximum Gasteiger partial charge on any atom is 0.223 e. The molecule has 2 heterocycles. The number of carbonyl (C=O) groups excluding carboxylic acids is 1. The lowest BCUT2D eigenvalue weighted by atomic mass is 10.0. The van der Waals surface area contributed by atoms with Crippen molar-refractivity contribution in [3.8, 4) is 11.1 Å². The first-order valence-corrected chi connectivity index (χ1v) is 6.97. The van der Waals surface area contributed by atoms with Gasteiger partial charge in [-0.3, -0.25) is 4.79 Å². The van der Waals surface area contributed by atoms with E-state index >= 15 is 0 Å². The molecule has 0 radical (unpaired) electrons. The summed E-state index contributed by atoms with van der Waals surface area (Å²) < 4.78 is 5.27. The monoisotopic (exact) mass is 278 g/mol. The minimum absolute atomic E-state index is 0.102. The Labute approximate surface area is 122 Å². The van der Waals surface area contributed by atoms with E-state index in [-0.39, 0.29) is 5.91 Å². The van der Waals surface area contributed by atoms with Gasteiger partial charge in [0.1, 0.15) is 5.52 Å². The van der Waals surface area contributed by atoms with Crippen LogP contribution in [0.15, 0.2) is 47.2 Å². The molecule has 0 saturated heterocycles. The summed E-state index contributed by atoms with van der Waals surface area (Å²) in [6, 6.07) is 12.3. The molecule has 1 aliphatic rings. The van der Waals surface area contributed by atoms with Gasteiger partial charge >= 0.3 is 0 Å². The van der Waals surface area contributed by atoms with Gasteiger partial charge in [-0.05, 0) is 47.4 Å². The zero-order chi connectivity index (χ0) is 14.4. The van der Waals surface area contributed by atoms with E-state index < -0.39 is 0 Å². The SMILES string of the molecule is CC(=O)N1CCc2cc(-c3ccc4ocnc4c3)ccc21. The Morgan fingerprint density at radius 3 is 2.86 bits per heavy atom. The lowest BCUT2D eigenvalue weighted by Gasteiger charge is -2.14. The van der Waals surface area contributed by atoms with Crippen molar-refractivity contribution in [2.45, 2.75) is 13.3 Å². The minimum atomic E-state index is 0.102. The molecule has 1 amide bonds. The third-order valence-corrected chi connectivity index (χ3v) is 4.02. The van der Waals surface area contributed by atoms with E-state index in [1.807, 2.05) is 29.2 Å². The van der Waals surface area contributed by atoms with Crippen LogP contribution in [0.4, 0.5) is 5.69 Å². The topological polar surface area (TPSA) is 46.3 Å². The number of benzene rings is 2. The molecule has 0 saturated carbocycles. The average molecular weight is 278 g/mol. The number of nitrogens with zero attached hydrogens (tertiary/aromatic N) is 2. The Morgan fingerprint density at radius 2 is 2.00 bits per heavy atom. The second-order valence-electron chi connectivity index (χ2n) is 5.30. The molecule has 0 atom stereocenters. The smallest absolute Gasteiger partial charge is 0.223 e. The number of rotatable bonds is 1. The van der Waals surface area contributed by atoms with E-state index in [4.69, 9.17) is 4.42 Å². The van der Waals surface area contributed by atoms with Gasteiger partial charge in [-0.1, -0.05) is 12.1 Å². The van der Waals surface area contributed by atoms with Gasteiger partial charge in [0.2, 0.25) is 5.91 Å². The molecule has 4 heteroatoms.